The van der Waals surface area contributed by atoms with Gasteiger partial charge in [0.2, 0.25) is 0 Å². The van der Waals surface area contributed by atoms with Crippen LogP contribution in [0, 0.1) is 0 Å². The van der Waals surface area contributed by atoms with E-state index in [-0.39, 0.29) is 36.7 Å². The molecule has 0 heterocycles. The Hall–Kier alpha value is -3.34. The molecule has 1 aromatic carbocycles. The smallest absolute Gasteiger partial charge is 0.468 e. The van der Waals surface area contributed by atoms with Crippen LogP contribution in [0.25, 0.3) is 0 Å². The van der Waals surface area contributed by atoms with Gasteiger partial charge in [-0.3, -0.25) is 9.59 Å². The van der Waals surface area contributed by atoms with Crippen LogP contribution < -0.4 is 15.2 Å². The Bertz CT molecular complexity index is 1010. The Morgan fingerprint density at radius 1 is 0.897 bits per heavy atom. The Morgan fingerprint density at radius 2 is 1.44 bits per heavy atom. The average molecular weight is 554 g/mol. The average Bonchev–Trinajstić information content (AvgIpc) is 2.76. The minimum Gasteiger partial charge on any atom is -0.468 e. The molecule has 1 aromatic rings. The van der Waals surface area contributed by atoms with E-state index in [0.29, 0.717) is 12.0 Å². The Kier molecular flexibility index (Phi) is 12.2. The maximum Gasteiger partial charge on any atom is 0.514 e. The molecule has 1 rings (SSSR count). The van der Waals surface area contributed by atoms with Gasteiger partial charge in [-0.2, -0.15) is 0 Å². The summed E-state index contributed by atoms with van der Waals surface area (Å²) in [5.74, 6) is -1.37. The summed E-state index contributed by atoms with van der Waals surface area (Å²) >= 11 is 0. The molecule has 0 aliphatic carbocycles. The van der Waals surface area contributed by atoms with Crippen LogP contribution in [0.15, 0.2) is 18.2 Å². The van der Waals surface area contributed by atoms with Crippen LogP contribution in [0.5, 0.6) is 11.5 Å². The zero-order chi connectivity index (χ0) is 30.0. The fourth-order valence-corrected chi connectivity index (χ4v) is 3.50. The highest BCUT2D eigenvalue weighted by atomic mass is 16.8. The molecule has 39 heavy (non-hydrogen) atoms. The zero-order valence-corrected chi connectivity index (χ0v) is 24.5. The maximum absolute atomic E-state index is 12.7. The van der Waals surface area contributed by atoms with Crippen molar-refractivity contribution in [3.8, 4) is 11.5 Å². The van der Waals surface area contributed by atoms with Crippen LogP contribution in [0.4, 0.5) is 9.59 Å². The summed E-state index contributed by atoms with van der Waals surface area (Å²) in [5.41, 5.74) is 3.68. The molecule has 0 aromatic heterocycles. The minimum absolute atomic E-state index is 0.0318. The highest BCUT2D eigenvalue weighted by molar-refractivity contribution is 5.81. The molecule has 1 unspecified atom stereocenters. The first kappa shape index (κ1) is 33.7. The second-order valence-corrected chi connectivity index (χ2v) is 11.3. The molecular weight excluding hydrogens is 510 g/mol. The van der Waals surface area contributed by atoms with E-state index >= 15 is 0 Å². The van der Waals surface area contributed by atoms with E-state index in [2.05, 4.69) is 0 Å². The largest absolute Gasteiger partial charge is 0.514 e. The number of carbonyl (C=O) groups is 4. The predicted octanol–water partition coefficient (Wildman–Crippen LogP) is 5.24. The van der Waals surface area contributed by atoms with Crippen LogP contribution >= 0.6 is 0 Å². The second-order valence-electron chi connectivity index (χ2n) is 11.3. The van der Waals surface area contributed by atoms with Crippen molar-refractivity contribution in [3.63, 3.8) is 0 Å². The molecule has 0 spiro atoms. The zero-order valence-electron chi connectivity index (χ0n) is 24.5. The third-order valence-electron chi connectivity index (χ3n) is 5.00. The van der Waals surface area contributed by atoms with Gasteiger partial charge in [0.05, 0.1) is 7.11 Å². The van der Waals surface area contributed by atoms with Gasteiger partial charge in [0.15, 0.2) is 11.5 Å². The van der Waals surface area contributed by atoms with Crippen molar-refractivity contribution in [3.05, 3.63) is 23.8 Å². The van der Waals surface area contributed by atoms with Gasteiger partial charge in [0, 0.05) is 19.3 Å². The monoisotopic (exact) mass is 553 g/mol. The minimum atomic E-state index is -1.59. The summed E-state index contributed by atoms with van der Waals surface area (Å²) < 4.78 is 31.4. The predicted molar refractivity (Wildman–Crippen MR) is 143 cm³/mol. The summed E-state index contributed by atoms with van der Waals surface area (Å²) in [6.07, 6.45) is -1.03. The number of nitrogens with two attached hydrogens (primary N) is 1. The van der Waals surface area contributed by atoms with Crippen LogP contribution in [0.3, 0.4) is 0 Å². The molecule has 0 bridgehead atoms. The Morgan fingerprint density at radius 3 is 1.92 bits per heavy atom. The number of esters is 2. The van der Waals surface area contributed by atoms with Crippen molar-refractivity contribution in [1.29, 1.82) is 0 Å². The maximum atomic E-state index is 12.7. The lowest BCUT2D eigenvalue weighted by atomic mass is 9.86. The van der Waals surface area contributed by atoms with E-state index in [4.69, 9.17) is 34.2 Å². The molecule has 0 saturated heterocycles. The normalized spacial score (nSPS) is 13.9. The van der Waals surface area contributed by atoms with Crippen molar-refractivity contribution < 1.29 is 47.6 Å². The Balaban J connectivity index is 3.28. The first-order valence-corrected chi connectivity index (χ1v) is 12.9. The summed E-state index contributed by atoms with van der Waals surface area (Å²) in [6, 6.07) is 4.32. The lowest BCUT2D eigenvalue weighted by molar-refractivity contribution is -0.155. The van der Waals surface area contributed by atoms with Crippen molar-refractivity contribution in [2.75, 3.05) is 7.11 Å². The highest BCUT2D eigenvalue weighted by Crippen LogP contribution is 2.32. The van der Waals surface area contributed by atoms with Crippen molar-refractivity contribution in [2.45, 2.75) is 110 Å². The molecule has 2 N–H and O–H groups in total. The number of benzene rings is 1. The molecule has 11 heteroatoms. The highest BCUT2D eigenvalue weighted by Gasteiger charge is 2.38. The van der Waals surface area contributed by atoms with E-state index < -0.39 is 41.1 Å². The molecule has 220 valence electrons. The Labute approximate surface area is 230 Å². The number of unbranched alkanes of at least 4 members (excludes halogenated alkanes) is 1. The number of rotatable bonds is 11. The molecule has 2 atom stereocenters. The topological polar surface area (TPSA) is 150 Å². The third kappa shape index (κ3) is 12.8. The molecule has 0 amide bonds. The SMILES string of the molecule is CCCCC(=O)OC(C)C[C@@](N)(Cc1ccc(OC(=O)OC(C)(C)C)c(OC(=O)OC(C)(C)C)c1)C(=O)OC. The summed E-state index contributed by atoms with van der Waals surface area (Å²) in [7, 11) is 1.21. The fraction of sp³-hybridized carbons (Fsp3) is 0.643. The van der Waals surface area contributed by atoms with Gasteiger partial charge in [0.25, 0.3) is 0 Å². The fourth-order valence-electron chi connectivity index (χ4n) is 3.50. The van der Waals surface area contributed by atoms with Gasteiger partial charge in [-0.15, -0.1) is 0 Å². The van der Waals surface area contributed by atoms with Gasteiger partial charge in [-0.25, -0.2) is 9.59 Å². The molecule has 0 radical (unpaired) electrons. The second kappa shape index (κ2) is 14.2. The summed E-state index contributed by atoms with van der Waals surface area (Å²) in [5, 5.41) is 0. The van der Waals surface area contributed by atoms with Gasteiger partial charge in [-0.05, 0) is 72.6 Å². The van der Waals surface area contributed by atoms with E-state index in [0.717, 1.165) is 6.42 Å². The van der Waals surface area contributed by atoms with Crippen LogP contribution in [0.1, 0.15) is 86.6 Å². The van der Waals surface area contributed by atoms with Crippen LogP contribution in [-0.2, 0) is 35.0 Å². The van der Waals surface area contributed by atoms with E-state index in [9.17, 15) is 19.2 Å². The lowest BCUT2D eigenvalue weighted by Gasteiger charge is -2.29. The quantitative estimate of drug-likeness (QED) is 0.218. The van der Waals surface area contributed by atoms with Gasteiger partial charge >= 0.3 is 24.2 Å². The number of carbonyl (C=O) groups excluding carboxylic acids is 4. The number of hydrogen-bond donors (Lipinski definition) is 1. The lowest BCUT2D eigenvalue weighted by Crippen LogP contribution is -2.53. The van der Waals surface area contributed by atoms with Crippen LogP contribution in [0.2, 0.25) is 0 Å². The number of ether oxygens (including phenoxy) is 6. The third-order valence-corrected chi connectivity index (χ3v) is 5.00. The van der Waals surface area contributed by atoms with Gasteiger partial charge < -0.3 is 34.2 Å². The molecule has 0 fully saturated rings. The van der Waals surface area contributed by atoms with E-state index in [1.807, 2.05) is 6.92 Å². The first-order chi connectivity index (χ1) is 17.9. The van der Waals surface area contributed by atoms with Gasteiger partial charge in [0.1, 0.15) is 22.8 Å². The van der Waals surface area contributed by atoms with Gasteiger partial charge in [-0.1, -0.05) is 19.4 Å². The van der Waals surface area contributed by atoms with Crippen molar-refractivity contribution in [1.82, 2.24) is 0 Å². The van der Waals surface area contributed by atoms with E-state index in [1.54, 1.807) is 54.5 Å². The van der Waals surface area contributed by atoms with E-state index in [1.165, 1.54) is 19.2 Å². The summed E-state index contributed by atoms with van der Waals surface area (Å²) in [4.78, 5) is 49.5. The summed E-state index contributed by atoms with van der Waals surface area (Å²) in [6.45, 7) is 13.6. The first-order valence-electron chi connectivity index (χ1n) is 12.9. The molecule has 0 aliphatic heterocycles. The molecular formula is C28H43NO10. The van der Waals surface area contributed by atoms with Crippen molar-refractivity contribution >= 4 is 24.2 Å². The molecule has 0 saturated carbocycles. The van der Waals surface area contributed by atoms with Crippen LogP contribution in [-0.4, -0.2) is 54.2 Å². The molecule has 0 aliphatic rings. The molecule has 11 nitrogen and oxygen atoms in total. The number of hydrogen-bond acceptors (Lipinski definition) is 11. The van der Waals surface area contributed by atoms with Crippen molar-refractivity contribution in [2.24, 2.45) is 5.73 Å². The standard InChI is InChI=1S/C28H43NO10/c1-10-11-12-22(30)35-18(2)16-28(29,23(31)34-9)17-19-13-14-20(36-24(32)38-26(3,4)5)21(15-19)37-25(33)39-27(6,7)8/h13-15,18H,10-12,16-17,29H2,1-9H3/t18?,28-/m1/s1. The number of methoxy groups -OCH3 is 1.